The van der Waals surface area contributed by atoms with Crippen LogP contribution in [0.1, 0.15) is 22.7 Å². The van der Waals surface area contributed by atoms with E-state index < -0.39 is 18.1 Å². The van der Waals surface area contributed by atoms with Gasteiger partial charge in [-0.25, -0.2) is 9.96 Å². The summed E-state index contributed by atoms with van der Waals surface area (Å²) in [5.41, 5.74) is 4.13. The molecule has 2 aliphatic heterocycles. The number of amides is 2. The van der Waals surface area contributed by atoms with Gasteiger partial charge in [-0.2, -0.15) is 0 Å². The predicted molar refractivity (Wildman–Crippen MR) is 128 cm³/mol. The molecule has 3 aromatic rings. The summed E-state index contributed by atoms with van der Waals surface area (Å²) in [6.45, 7) is 3.89. The van der Waals surface area contributed by atoms with Crippen LogP contribution in [0.3, 0.4) is 0 Å². The Morgan fingerprint density at radius 2 is 1.66 bits per heavy atom. The van der Waals surface area contributed by atoms with Crippen molar-refractivity contribution in [3.8, 4) is 0 Å². The number of imide groups is 1. The zero-order valence-electron chi connectivity index (χ0n) is 17.5. The van der Waals surface area contributed by atoms with Gasteiger partial charge in [0.05, 0.1) is 17.4 Å². The summed E-state index contributed by atoms with van der Waals surface area (Å²) in [7, 11) is 0. The highest BCUT2D eigenvalue weighted by Crippen LogP contribution is 2.48. The van der Waals surface area contributed by atoms with Crippen molar-refractivity contribution in [1.29, 1.82) is 0 Å². The fraction of sp³-hybridized carbons (Fsp3) is 0.200. The van der Waals surface area contributed by atoms with Gasteiger partial charge in [0.15, 0.2) is 6.10 Å². The minimum Gasteiger partial charge on any atom is -0.273 e. The van der Waals surface area contributed by atoms with Crippen LogP contribution >= 0.6 is 27.5 Å². The van der Waals surface area contributed by atoms with Gasteiger partial charge in [-0.15, -0.1) is 0 Å². The Hall–Kier alpha value is -2.67. The van der Waals surface area contributed by atoms with Crippen LogP contribution in [0.5, 0.6) is 0 Å². The average Bonchev–Trinajstić information content (AvgIpc) is 3.27. The van der Waals surface area contributed by atoms with Crippen LogP contribution in [-0.4, -0.2) is 17.9 Å². The minimum atomic E-state index is -0.909. The average molecular weight is 512 g/mol. The molecule has 0 saturated carbocycles. The number of halogens is 2. The molecule has 0 bridgehead atoms. The van der Waals surface area contributed by atoms with E-state index >= 15 is 0 Å². The number of hydrogen-bond acceptors (Lipinski definition) is 4. The topological polar surface area (TPSA) is 49.9 Å². The Labute approximate surface area is 199 Å². The van der Waals surface area contributed by atoms with Crippen molar-refractivity contribution in [2.45, 2.75) is 26.0 Å². The van der Waals surface area contributed by atoms with Gasteiger partial charge < -0.3 is 0 Å². The first-order chi connectivity index (χ1) is 15.3. The van der Waals surface area contributed by atoms with E-state index in [4.69, 9.17) is 16.4 Å². The maximum absolute atomic E-state index is 13.6. The van der Waals surface area contributed by atoms with Crippen LogP contribution in [-0.2, 0) is 14.4 Å². The SMILES string of the molecule is Cc1ccc([C@@H]2[C@H]3C(=O)N(c4ccc(C)c(Cl)c4)C(=O)[C@H]3ON2c2cccc(Br)c2)cc1. The van der Waals surface area contributed by atoms with E-state index in [0.29, 0.717) is 10.7 Å². The van der Waals surface area contributed by atoms with Gasteiger partial charge in [-0.1, -0.05) is 69.5 Å². The van der Waals surface area contributed by atoms with Crippen LogP contribution in [0, 0.1) is 19.8 Å². The second-order valence-electron chi connectivity index (χ2n) is 8.16. The van der Waals surface area contributed by atoms with E-state index in [1.54, 1.807) is 23.3 Å². The van der Waals surface area contributed by atoms with Gasteiger partial charge in [0, 0.05) is 9.50 Å². The Bertz CT molecular complexity index is 1230. The first-order valence-corrected chi connectivity index (χ1v) is 11.4. The second kappa shape index (κ2) is 8.03. The molecule has 5 rings (SSSR count). The number of benzene rings is 3. The van der Waals surface area contributed by atoms with Crippen molar-refractivity contribution < 1.29 is 14.4 Å². The molecule has 2 aliphatic rings. The number of hydroxylamine groups is 1. The molecule has 32 heavy (non-hydrogen) atoms. The van der Waals surface area contributed by atoms with Crippen molar-refractivity contribution in [2.75, 3.05) is 9.96 Å². The van der Waals surface area contributed by atoms with Gasteiger partial charge in [-0.3, -0.25) is 14.4 Å². The molecule has 2 fully saturated rings. The van der Waals surface area contributed by atoms with Crippen molar-refractivity contribution >= 4 is 50.7 Å². The lowest BCUT2D eigenvalue weighted by Crippen LogP contribution is -2.37. The molecule has 0 unspecified atom stereocenters. The normalized spacial score (nSPS) is 22.6. The highest BCUT2D eigenvalue weighted by Gasteiger charge is 2.60. The molecule has 3 atom stereocenters. The highest BCUT2D eigenvalue weighted by atomic mass is 79.9. The molecule has 162 valence electrons. The summed E-state index contributed by atoms with van der Waals surface area (Å²) in [6.07, 6.45) is -0.909. The molecule has 5 nitrogen and oxygen atoms in total. The molecule has 0 aliphatic carbocycles. The maximum atomic E-state index is 13.6. The van der Waals surface area contributed by atoms with E-state index in [1.165, 1.54) is 4.90 Å². The van der Waals surface area contributed by atoms with Crippen LogP contribution in [0.4, 0.5) is 11.4 Å². The molecule has 2 saturated heterocycles. The molecule has 2 amide bonds. The lowest BCUT2D eigenvalue weighted by Gasteiger charge is -2.29. The summed E-state index contributed by atoms with van der Waals surface area (Å²) in [5, 5.41) is 2.20. The minimum absolute atomic E-state index is 0.289. The second-order valence-corrected chi connectivity index (χ2v) is 9.48. The van der Waals surface area contributed by atoms with Crippen LogP contribution in [0.15, 0.2) is 71.2 Å². The molecular formula is C25H20BrClN2O3. The monoisotopic (exact) mass is 510 g/mol. The largest absolute Gasteiger partial charge is 0.273 e. The van der Waals surface area contributed by atoms with E-state index in [2.05, 4.69) is 15.9 Å². The summed E-state index contributed by atoms with van der Waals surface area (Å²) >= 11 is 9.77. The van der Waals surface area contributed by atoms with E-state index in [-0.39, 0.29) is 11.8 Å². The lowest BCUT2D eigenvalue weighted by molar-refractivity contribution is -0.126. The van der Waals surface area contributed by atoms with Gasteiger partial charge in [0.2, 0.25) is 5.91 Å². The van der Waals surface area contributed by atoms with Crippen LogP contribution < -0.4 is 9.96 Å². The number of carbonyl (C=O) groups excluding carboxylic acids is 2. The van der Waals surface area contributed by atoms with Crippen molar-refractivity contribution in [3.63, 3.8) is 0 Å². The molecular weight excluding hydrogens is 492 g/mol. The third-order valence-corrected chi connectivity index (χ3v) is 6.91. The molecule has 3 aromatic carbocycles. The summed E-state index contributed by atoms with van der Waals surface area (Å²) < 4.78 is 0.881. The lowest BCUT2D eigenvalue weighted by atomic mass is 9.90. The third-order valence-electron chi connectivity index (χ3n) is 6.01. The fourth-order valence-electron chi connectivity index (χ4n) is 4.33. The highest BCUT2D eigenvalue weighted by molar-refractivity contribution is 9.10. The standard InChI is InChI=1S/C25H20BrClN2O3/c1-14-6-9-16(10-7-14)22-21-23(32-29(22)19-5-3-4-17(26)12-19)25(31)28(24(21)30)18-11-8-15(2)20(27)13-18/h3-13,21-23H,1-2H3/t21-,22-,23+/m1/s1. The zero-order valence-corrected chi connectivity index (χ0v) is 19.8. The number of nitrogens with zero attached hydrogens (tertiary/aromatic N) is 2. The first kappa shape index (κ1) is 21.2. The van der Waals surface area contributed by atoms with Gasteiger partial charge in [-0.05, 0) is 55.3 Å². The van der Waals surface area contributed by atoms with Crippen LogP contribution in [0.2, 0.25) is 5.02 Å². The molecule has 0 radical (unpaired) electrons. The van der Waals surface area contributed by atoms with Gasteiger partial charge >= 0.3 is 0 Å². The smallest absolute Gasteiger partial charge is 0.266 e. The first-order valence-electron chi connectivity index (χ1n) is 10.3. The van der Waals surface area contributed by atoms with Gasteiger partial charge in [0.25, 0.3) is 5.91 Å². The molecule has 0 N–H and O–H groups in total. The fourth-order valence-corrected chi connectivity index (χ4v) is 4.89. The Balaban J connectivity index is 1.59. The van der Waals surface area contributed by atoms with Crippen LogP contribution in [0.25, 0.3) is 0 Å². The number of hydrogen-bond donors (Lipinski definition) is 0. The summed E-state index contributed by atoms with van der Waals surface area (Å²) in [6, 6.07) is 20.4. The maximum Gasteiger partial charge on any atom is 0.266 e. The Morgan fingerprint density at radius 3 is 2.34 bits per heavy atom. The molecule has 2 heterocycles. The number of fused-ring (bicyclic) bond motifs is 1. The third kappa shape index (κ3) is 3.43. The summed E-state index contributed by atoms with van der Waals surface area (Å²) in [5.74, 6) is -1.35. The van der Waals surface area contributed by atoms with Gasteiger partial charge in [0.1, 0.15) is 5.92 Å². The Kier molecular flexibility index (Phi) is 5.32. The number of carbonyl (C=O) groups is 2. The molecule has 0 spiro atoms. The number of rotatable bonds is 3. The van der Waals surface area contributed by atoms with E-state index in [1.807, 2.05) is 62.4 Å². The number of anilines is 2. The van der Waals surface area contributed by atoms with Crippen molar-refractivity contribution in [3.05, 3.63) is 92.9 Å². The predicted octanol–water partition coefficient (Wildman–Crippen LogP) is 5.77. The van der Waals surface area contributed by atoms with Crippen molar-refractivity contribution in [1.82, 2.24) is 0 Å². The molecule has 7 heteroatoms. The number of aryl methyl sites for hydroxylation is 2. The summed E-state index contributed by atoms with van der Waals surface area (Å²) in [4.78, 5) is 34.4. The van der Waals surface area contributed by atoms with E-state index in [0.717, 1.165) is 26.9 Å². The molecule has 0 aromatic heterocycles. The van der Waals surface area contributed by atoms with Crippen molar-refractivity contribution in [2.24, 2.45) is 5.92 Å². The Morgan fingerprint density at radius 1 is 0.906 bits per heavy atom. The zero-order chi connectivity index (χ0) is 22.6. The van der Waals surface area contributed by atoms with E-state index in [9.17, 15) is 9.59 Å². The quantitative estimate of drug-likeness (QED) is 0.419.